The molecule has 3 rings (SSSR count). The molecule has 9 heteroatoms. The summed E-state index contributed by atoms with van der Waals surface area (Å²) in [7, 11) is 0. The van der Waals surface area contributed by atoms with Crippen LogP contribution < -0.4 is 11.1 Å². The highest BCUT2D eigenvalue weighted by Crippen LogP contribution is 2.37. The lowest BCUT2D eigenvalue weighted by Gasteiger charge is -2.45. The minimum atomic E-state index is -0.891. The lowest BCUT2D eigenvalue weighted by Crippen LogP contribution is -2.63. The van der Waals surface area contributed by atoms with Crippen molar-refractivity contribution >= 4 is 35.2 Å². The van der Waals surface area contributed by atoms with Crippen LogP contribution in [0.3, 0.4) is 0 Å². The van der Waals surface area contributed by atoms with Gasteiger partial charge in [-0.1, -0.05) is 23.7 Å². The fourth-order valence-corrected chi connectivity index (χ4v) is 4.37. The number of amides is 2. The minimum Gasteiger partial charge on any atom is -0.442 e. The van der Waals surface area contributed by atoms with Gasteiger partial charge in [-0.05, 0) is 59.1 Å². The molecule has 1 aromatic rings. The van der Waals surface area contributed by atoms with E-state index in [9.17, 15) is 9.59 Å². The molecule has 0 spiro atoms. The van der Waals surface area contributed by atoms with Gasteiger partial charge < -0.3 is 20.5 Å². The van der Waals surface area contributed by atoms with Crippen molar-refractivity contribution in [1.29, 1.82) is 0 Å². The fraction of sp³-hybridized carbons (Fsp3) is 0.591. The molecule has 1 aromatic carbocycles. The average Bonchev–Trinajstić information content (AvgIpc) is 2.61. The van der Waals surface area contributed by atoms with Crippen LogP contribution in [-0.4, -0.2) is 47.2 Å². The zero-order valence-corrected chi connectivity index (χ0v) is 19.5. The number of guanidine groups is 1. The van der Waals surface area contributed by atoms with E-state index >= 15 is 0 Å². The van der Waals surface area contributed by atoms with Crippen molar-refractivity contribution in [2.24, 2.45) is 4.99 Å². The summed E-state index contributed by atoms with van der Waals surface area (Å²) in [6, 6.07) is 5.16. The van der Waals surface area contributed by atoms with Gasteiger partial charge in [-0.25, -0.2) is 4.79 Å². The fourth-order valence-electron chi connectivity index (χ4n) is 4.03. The van der Waals surface area contributed by atoms with Crippen molar-refractivity contribution < 1.29 is 19.1 Å². The average molecular weight is 451 g/mol. The van der Waals surface area contributed by atoms with Crippen LogP contribution in [0.1, 0.15) is 59.4 Å². The molecule has 2 saturated heterocycles. The maximum Gasteiger partial charge on any atom is 0.437 e. The van der Waals surface area contributed by atoms with Crippen LogP contribution in [-0.2, 0) is 19.8 Å². The second-order valence-corrected chi connectivity index (χ2v) is 9.76. The minimum absolute atomic E-state index is 0.00556. The van der Waals surface area contributed by atoms with E-state index in [1.54, 1.807) is 37.8 Å². The van der Waals surface area contributed by atoms with E-state index < -0.39 is 17.2 Å². The number of benzene rings is 1. The Morgan fingerprint density at radius 2 is 2.13 bits per heavy atom. The highest BCUT2D eigenvalue weighted by Gasteiger charge is 2.44. The monoisotopic (exact) mass is 450 g/mol. The smallest absolute Gasteiger partial charge is 0.437 e. The second-order valence-electron chi connectivity index (χ2n) is 9.38. The van der Waals surface area contributed by atoms with E-state index in [4.69, 9.17) is 26.8 Å². The molecule has 2 aliphatic heterocycles. The molecule has 0 aliphatic carbocycles. The Kier molecular flexibility index (Phi) is 6.53. The second kappa shape index (κ2) is 8.67. The molecule has 170 valence electrons. The van der Waals surface area contributed by atoms with Crippen LogP contribution in [0.2, 0.25) is 5.02 Å². The molecule has 3 N–H and O–H groups in total. The van der Waals surface area contributed by atoms with E-state index in [-0.39, 0.29) is 30.4 Å². The van der Waals surface area contributed by atoms with Crippen molar-refractivity contribution in [3.63, 3.8) is 0 Å². The topological polar surface area (TPSA) is 106 Å². The molecule has 2 amide bonds. The Hall–Kier alpha value is -2.32. The van der Waals surface area contributed by atoms with Crippen LogP contribution in [0, 0.1) is 0 Å². The number of carbonyl (C=O) groups is 2. The van der Waals surface area contributed by atoms with Gasteiger partial charge in [-0.3, -0.25) is 9.69 Å². The third-order valence-corrected chi connectivity index (χ3v) is 5.85. The van der Waals surface area contributed by atoms with Gasteiger partial charge in [0.05, 0.1) is 28.8 Å². The Morgan fingerprint density at radius 1 is 1.42 bits per heavy atom. The first kappa shape index (κ1) is 23.3. The molecular formula is C22H31ClN4O4. The van der Waals surface area contributed by atoms with Gasteiger partial charge in [0.25, 0.3) is 0 Å². The number of hydrogen-bond donors (Lipinski definition) is 2. The molecule has 2 aliphatic rings. The predicted molar refractivity (Wildman–Crippen MR) is 120 cm³/mol. The van der Waals surface area contributed by atoms with Gasteiger partial charge in [-0.15, -0.1) is 4.99 Å². The number of anilines is 1. The molecule has 0 radical (unpaired) electrons. The summed E-state index contributed by atoms with van der Waals surface area (Å²) in [6.07, 6.45) is 0.675. The Balaban J connectivity index is 2.01. The third kappa shape index (κ3) is 5.30. The van der Waals surface area contributed by atoms with Crippen LogP contribution in [0.15, 0.2) is 23.2 Å². The number of nitrogens with zero attached hydrogens (tertiary/aromatic N) is 2. The third-order valence-electron chi connectivity index (χ3n) is 5.43. The number of nitrogens with one attached hydrogen (secondary N) is 1. The highest BCUT2D eigenvalue weighted by molar-refractivity contribution is 6.34. The maximum atomic E-state index is 13.4. The molecule has 3 atom stereocenters. The number of hydrogen-bond acceptors (Lipinski definition) is 5. The molecule has 8 nitrogen and oxygen atoms in total. The van der Waals surface area contributed by atoms with Crippen molar-refractivity contribution in [3.05, 3.63) is 28.8 Å². The molecule has 0 saturated carbocycles. The molecule has 31 heavy (non-hydrogen) atoms. The van der Waals surface area contributed by atoms with Gasteiger partial charge in [0.2, 0.25) is 11.9 Å². The van der Waals surface area contributed by atoms with Crippen molar-refractivity contribution in [2.45, 2.75) is 77.2 Å². The van der Waals surface area contributed by atoms with E-state index in [0.29, 0.717) is 35.7 Å². The number of aliphatic imine (C=N–C) groups is 1. The molecule has 2 fully saturated rings. The Morgan fingerprint density at radius 3 is 2.77 bits per heavy atom. The van der Waals surface area contributed by atoms with E-state index in [1.807, 2.05) is 19.9 Å². The number of rotatable bonds is 2. The summed E-state index contributed by atoms with van der Waals surface area (Å²) in [6.45, 7) is 9.64. The summed E-state index contributed by atoms with van der Waals surface area (Å²) in [5.41, 5.74) is 5.47. The molecule has 0 aromatic heterocycles. The normalized spacial score (nSPS) is 28.4. The number of halogens is 1. The number of ether oxygens (including phenoxy) is 2. The van der Waals surface area contributed by atoms with E-state index in [0.717, 1.165) is 0 Å². The van der Waals surface area contributed by atoms with E-state index in [1.165, 1.54) is 0 Å². The van der Waals surface area contributed by atoms with Gasteiger partial charge in [0.1, 0.15) is 5.60 Å². The summed E-state index contributed by atoms with van der Waals surface area (Å²) in [4.78, 5) is 31.7. The van der Waals surface area contributed by atoms with Crippen LogP contribution in [0.5, 0.6) is 0 Å². The standard InChI is InChI=1S/C22H31ClN4O4/c1-13-11-14(9-10-30-13)27-17(28)12-22(5,15-7-6-8-16(24)18(15)23)26-19(27)25-20(29)31-21(2,3)4/h6-8,13-14H,9-12,24H2,1-5H3,(H,25,26,29)/t13?,14?,22-/m0/s1. The first-order valence-corrected chi connectivity index (χ1v) is 10.9. The van der Waals surface area contributed by atoms with Crippen molar-refractivity contribution in [2.75, 3.05) is 12.3 Å². The molecular weight excluding hydrogens is 420 g/mol. The quantitative estimate of drug-likeness (QED) is 0.663. The first-order chi connectivity index (χ1) is 14.4. The van der Waals surface area contributed by atoms with Crippen LogP contribution in [0.25, 0.3) is 0 Å². The zero-order chi connectivity index (χ0) is 23.0. The number of nitrogens with two attached hydrogens (primary N) is 1. The largest absolute Gasteiger partial charge is 0.442 e. The van der Waals surface area contributed by atoms with Gasteiger partial charge in [-0.2, -0.15) is 0 Å². The van der Waals surface area contributed by atoms with Gasteiger partial charge in [0.15, 0.2) is 0 Å². The summed E-state index contributed by atoms with van der Waals surface area (Å²) < 4.78 is 11.0. The van der Waals surface area contributed by atoms with Crippen LogP contribution in [0.4, 0.5) is 10.5 Å². The Labute approximate surface area is 188 Å². The predicted octanol–water partition coefficient (Wildman–Crippen LogP) is 3.82. The van der Waals surface area contributed by atoms with Crippen molar-refractivity contribution in [1.82, 2.24) is 10.2 Å². The zero-order valence-electron chi connectivity index (χ0n) is 18.7. The molecule has 0 bridgehead atoms. The lowest BCUT2D eigenvalue weighted by atomic mass is 9.85. The molecule has 2 unspecified atom stereocenters. The first-order valence-electron chi connectivity index (χ1n) is 10.5. The Bertz CT molecular complexity index is 898. The maximum absolute atomic E-state index is 13.4. The van der Waals surface area contributed by atoms with Gasteiger partial charge in [0, 0.05) is 12.6 Å². The summed E-state index contributed by atoms with van der Waals surface area (Å²) in [5.74, 6) is 0.00624. The van der Waals surface area contributed by atoms with Crippen LogP contribution >= 0.6 is 11.6 Å². The van der Waals surface area contributed by atoms with Gasteiger partial charge >= 0.3 is 6.09 Å². The number of nitrogen functional groups attached to an aromatic ring is 1. The van der Waals surface area contributed by atoms with E-state index in [2.05, 4.69) is 10.3 Å². The highest BCUT2D eigenvalue weighted by atomic mass is 35.5. The lowest BCUT2D eigenvalue weighted by molar-refractivity contribution is -0.134. The summed E-state index contributed by atoms with van der Waals surface area (Å²) in [5, 5.41) is 3.67. The SMILES string of the molecule is CC1CC(N2C(=O)C[C@@](C)(c3cccc(N)c3Cl)N/C2=N\C(=O)OC(C)(C)C)CCO1. The van der Waals surface area contributed by atoms with Crippen molar-refractivity contribution in [3.8, 4) is 0 Å². The summed E-state index contributed by atoms with van der Waals surface area (Å²) >= 11 is 6.47. The number of carbonyl (C=O) groups excluding carboxylic acids is 2. The molecule has 2 heterocycles.